The predicted molar refractivity (Wildman–Crippen MR) is 133 cm³/mol. The summed E-state index contributed by atoms with van der Waals surface area (Å²) in [4.78, 5) is 26.3. The number of carbonyl (C=O) groups excluding carboxylic acids is 2. The van der Waals surface area contributed by atoms with Crippen LogP contribution >= 0.6 is 15.9 Å². The van der Waals surface area contributed by atoms with Crippen LogP contribution in [0.3, 0.4) is 0 Å². The van der Waals surface area contributed by atoms with Gasteiger partial charge in [-0.05, 0) is 58.1 Å². The lowest BCUT2D eigenvalue weighted by molar-refractivity contribution is -0.122. The van der Waals surface area contributed by atoms with Gasteiger partial charge in [-0.3, -0.25) is 9.59 Å². The fourth-order valence-electron chi connectivity index (χ4n) is 4.95. The lowest BCUT2D eigenvalue weighted by atomic mass is 9.73. The molecule has 1 aliphatic heterocycles. The Kier molecular flexibility index (Phi) is 7.25. The Balaban J connectivity index is 1.77. The van der Waals surface area contributed by atoms with E-state index in [2.05, 4.69) is 21.2 Å². The van der Waals surface area contributed by atoms with Gasteiger partial charge in [0.1, 0.15) is 11.5 Å². The first-order valence-corrected chi connectivity index (χ1v) is 11.9. The first-order chi connectivity index (χ1) is 16.8. The monoisotopic (exact) mass is 545 g/mol. The summed E-state index contributed by atoms with van der Waals surface area (Å²) < 4.78 is 28.2. The molecule has 2 aromatic carbocycles. The van der Waals surface area contributed by atoms with Crippen molar-refractivity contribution in [3.63, 3.8) is 0 Å². The van der Waals surface area contributed by atoms with Gasteiger partial charge >= 0.3 is 0 Å². The zero-order chi connectivity index (χ0) is 25.3. The average Bonchev–Trinajstić information content (AvgIpc) is 2.86. The summed E-state index contributed by atoms with van der Waals surface area (Å²) in [6, 6.07) is 7.34. The molecule has 4 rings (SSSR count). The molecule has 0 aromatic heterocycles. The Hall–Kier alpha value is -3.20. The second-order valence-electron chi connectivity index (χ2n) is 8.41. The van der Waals surface area contributed by atoms with E-state index < -0.39 is 5.92 Å². The number of ether oxygens (including phenoxy) is 5. The summed E-state index contributed by atoms with van der Waals surface area (Å²) in [5.74, 6) is 1.98. The molecule has 0 spiro atoms. The van der Waals surface area contributed by atoms with Crippen molar-refractivity contribution >= 4 is 27.6 Å². The number of nitrogens with one attached hydrogen (secondary N) is 1. The normalized spacial score (nSPS) is 19.6. The Labute approximate surface area is 212 Å². The van der Waals surface area contributed by atoms with Gasteiger partial charge < -0.3 is 29.0 Å². The summed E-state index contributed by atoms with van der Waals surface area (Å²) in [5, 5.41) is 2.96. The van der Waals surface area contributed by atoms with Gasteiger partial charge in [-0.25, -0.2) is 0 Å². The number of halogens is 1. The Morgan fingerprint density at radius 2 is 1.40 bits per heavy atom. The van der Waals surface area contributed by atoms with Crippen LogP contribution in [0, 0.1) is 0 Å². The van der Waals surface area contributed by atoms with E-state index in [4.69, 9.17) is 23.7 Å². The maximum atomic E-state index is 13.6. The van der Waals surface area contributed by atoms with Crippen molar-refractivity contribution in [3.05, 3.63) is 51.1 Å². The van der Waals surface area contributed by atoms with E-state index in [0.717, 1.165) is 15.6 Å². The largest absolute Gasteiger partial charge is 0.496 e. The summed E-state index contributed by atoms with van der Waals surface area (Å²) in [6.45, 7) is 0. The zero-order valence-corrected chi connectivity index (χ0v) is 21.9. The van der Waals surface area contributed by atoms with Crippen LogP contribution in [0.2, 0.25) is 0 Å². The molecule has 35 heavy (non-hydrogen) atoms. The molecule has 0 fully saturated rings. The third-order valence-corrected chi connectivity index (χ3v) is 7.19. The fourth-order valence-corrected chi connectivity index (χ4v) is 5.44. The number of methoxy groups -OCH3 is 5. The summed E-state index contributed by atoms with van der Waals surface area (Å²) in [5.41, 5.74) is 2.88. The molecule has 2 aliphatic rings. The van der Waals surface area contributed by atoms with E-state index in [1.165, 1.54) is 0 Å². The quantitative estimate of drug-likeness (QED) is 0.547. The van der Waals surface area contributed by atoms with Crippen molar-refractivity contribution in [2.45, 2.75) is 31.1 Å². The number of hydrogen-bond donors (Lipinski definition) is 1. The van der Waals surface area contributed by atoms with E-state index >= 15 is 0 Å². The Morgan fingerprint density at radius 1 is 0.771 bits per heavy atom. The highest BCUT2D eigenvalue weighted by atomic mass is 79.9. The molecule has 0 bridgehead atoms. The number of hydrogen-bond acceptors (Lipinski definition) is 7. The van der Waals surface area contributed by atoms with E-state index in [9.17, 15) is 9.59 Å². The van der Waals surface area contributed by atoms with E-state index in [1.54, 1.807) is 41.6 Å². The first-order valence-electron chi connectivity index (χ1n) is 11.1. The second kappa shape index (κ2) is 10.2. The van der Waals surface area contributed by atoms with Crippen LogP contribution in [0.25, 0.3) is 0 Å². The lowest BCUT2D eigenvalue weighted by Gasteiger charge is -2.35. The van der Waals surface area contributed by atoms with Crippen LogP contribution < -0.4 is 29.0 Å². The zero-order valence-electron chi connectivity index (χ0n) is 20.3. The molecule has 9 heteroatoms. The van der Waals surface area contributed by atoms with Crippen LogP contribution in [0.5, 0.6) is 28.7 Å². The van der Waals surface area contributed by atoms with Gasteiger partial charge in [0.25, 0.3) is 0 Å². The minimum absolute atomic E-state index is 0.0149. The Bertz CT molecular complexity index is 1180. The van der Waals surface area contributed by atoms with E-state index in [-0.39, 0.29) is 24.0 Å². The predicted octanol–water partition coefficient (Wildman–Crippen LogP) is 4.50. The number of ketones is 1. The summed E-state index contributed by atoms with van der Waals surface area (Å²) >= 11 is 3.47. The SMILES string of the molecule is COc1cc(C2CC(=O)NC3=C2C(=O)CC(c2cc(OC)c(OC)c(OC)c2)C3)c(OC)cc1Br. The van der Waals surface area contributed by atoms with Crippen molar-refractivity contribution in [2.75, 3.05) is 35.5 Å². The van der Waals surface area contributed by atoms with Gasteiger partial charge in [0.2, 0.25) is 11.7 Å². The number of benzene rings is 2. The van der Waals surface area contributed by atoms with Crippen LogP contribution in [0.15, 0.2) is 40.0 Å². The van der Waals surface area contributed by atoms with E-state index in [0.29, 0.717) is 52.9 Å². The van der Waals surface area contributed by atoms with Crippen molar-refractivity contribution in [1.29, 1.82) is 0 Å². The van der Waals surface area contributed by atoms with Crippen molar-refractivity contribution < 1.29 is 33.3 Å². The van der Waals surface area contributed by atoms with Gasteiger partial charge in [0.05, 0.1) is 40.0 Å². The molecule has 8 nitrogen and oxygen atoms in total. The molecule has 1 aliphatic carbocycles. The van der Waals surface area contributed by atoms with Crippen molar-refractivity contribution in [2.24, 2.45) is 0 Å². The number of amides is 1. The molecule has 2 aromatic rings. The average molecular weight is 546 g/mol. The van der Waals surface area contributed by atoms with Gasteiger partial charge in [-0.2, -0.15) is 0 Å². The number of carbonyl (C=O) groups is 2. The molecular formula is C26H28BrNO7. The first kappa shape index (κ1) is 24.9. The van der Waals surface area contributed by atoms with Crippen molar-refractivity contribution in [3.8, 4) is 28.7 Å². The molecular weight excluding hydrogens is 518 g/mol. The van der Waals surface area contributed by atoms with Crippen molar-refractivity contribution in [1.82, 2.24) is 5.32 Å². The third-order valence-electron chi connectivity index (χ3n) is 6.57. The molecule has 186 valence electrons. The summed E-state index contributed by atoms with van der Waals surface area (Å²) in [6.07, 6.45) is 0.943. The highest BCUT2D eigenvalue weighted by Crippen LogP contribution is 2.48. The highest BCUT2D eigenvalue weighted by Gasteiger charge is 2.40. The molecule has 1 heterocycles. The smallest absolute Gasteiger partial charge is 0.225 e. The fraction of sp³-hybridized carbons (Fsp3) is 0.385. The van der Waals surface area contributed by atoms with Crippen LogP contribution in [0.4, 0.5) is 0 Å². The van der Waals surface area contributed by atoms with Crippen LogP contribution in [0.1, 0.15) is 42.2 Å². The second-order valence-corrected chi connectivity index (χ2v) is 9.27. The van der Waals surface area contributed by atoms with Gasteiger partial charge in [0, 0.05) is 35.6 Å². The number of allylic oxidation sites excluding steroid dienone is 2. The van der Waals surface area contributed by atoms with Gasteiger partial charge in [0.15, 0.2) is 17.3 Å². The molecule has 0 radical (unpaired) electrons. The third kappa shape index (κ3) is 4.57. The minimum atomic E-state index is -0.427. The highest BCUT2D eigenvalue weighted by molar-refractivity contribution is 9.10. The number of Topliss-reactive ketones (excluding diaryl/α,β-unsaturated/α-hetero) is 1. The molecule has 0 saturated heterocycles. The molecule has 1 amide bonds. The molecule has 2 atom stereocenters. The lowest BCUT2D eigenvalue weighted by Crippen LogP contribution is -2.38. The standard InChI is InChI=1S/C26H28BrNO7/c1-31-20-12-17(27)21(32-2)10-15(20)16-11-24(30)28-18-6-13(7-19(29)25(16)18)14-8-22(33-3)26(35-5)23(9-14)34-4/h8-10,12-13,16H,6-7,11H2,1-5H3,(H,28,30). The molecule has 1 N–H and O–H groups in total. The minimum Gasteiger partial charge on any atom is -0.496 e. The maximum absolute atomic E-state index is 13.6. The van der Waals surface area contributed by atoms with Crippen LogP contribution in [-0.4, -0.2) is 47.2 Å². The Morgan fingerprint density at radius 3 is 1.97 bits per heavy atom. The van der Waals surface area contributed by atoms with Crippen LogP contribution in [-0.2, 0) is 9.59 Å². The van der Waals surface area contributed by atoms with Gasteiger partial charge in [-0.1, -0.05) is 0 Å². The van der Waals surface area contributed by atoms with E-state index in [1.807, 2.05) is 18.2 Å². The molecule has 2 unspecified atom stereocenters. The molecule has 0 saturated carbocycles. The van der Waals surface area contributed by atoms with Gasteiger partial charge in [-0.15, -0.1) is 0 Å². The maximum Gasteiger partial charge on any atom is 0.225 e. The summed E-state index contributed by atoms with van der Waals surface area (Å²) in [7, 11) is 7.80. The topological polar surface area (TPSA) is 92.3 Å². The number of rotatable bonds is 7.